The summed E-state index contributed by atoms with van der Waals surface area (Å²) in [7, 11) is 0. The fraction of sp³-hybridized carbons (Fsp3) is 0.417. The number of halogens is 2. The molecule has 2 saturated heterocycles. The van der Waals surface area contributed by atoms with Crippen LogP contribution in [0.2, 0.25) is 0 Å². The Morgan fingerprint density at radius 1 is 1.03 bits per heavy atom. The van der Waals surface area contributed by atoms with Crippen LogP contribution in [0.25, 0.3) is 0 Å². The molecule has 4 rings (SSSR count). The zero-order valence-corrected chi connectivity index (χ0v) is 17.6. The Morgan fingerprint density at radius 3 is 2.26 bits per heavy atom. The number of likely N-dealkylation sites (tertiary alicyclic amines) is 2. The van der Waals surface area contributed by atoms with E-state index in [1.54, 1.807) is 39.0 Å². The Morgan fingerprint density at radius 2 is 1.65 bits per heavy atom. The Balaban J connectivity index is 1.43. The van der Waals surface area contributed by atoms with Gasteiger partial charge in [0.1, 0.15) is 0 Å². The van der Waals surface area contributed by atoms with E-state index >= 15 is 0 Å². The molecule has 164 valence electrons. The predicted octanol–water partition coefficient (Wildman–Crippen LogP) is 3.27. The average Bonchev–Trinajstić information content (AvgIpc) is 3.06. The number of alkyl halides is 2. The highest BCUT2D eigenvalue weighted by molar-refractivity contribution is 5.94. The Kier molecular flexibility index (Phi) is 6.05. The number of hydrogen-bond acceptors (Lipinski definition) is 3. The molecule has 0 unspecified atom stereocenters. The summed E-state index contributed by atoms with van der Waals surface area (Å²) in [4.78, 5) is 30.7. The zero-order valence-electron chi connectivity index (χ0n) is 17.6. The molecule has 2 aliphatic rings. The number of carbonyl (C=O) groups excluding carboxylic acids is 2. The summed E-state index contributed by atoms with van der Waals surface area (Å²) in [6.07, 6.45) is -0.472. The summed E-state index contributed by atoms with van der Waals surface area (Å²) in [6, 6.07) is 17.4. The molecule has 0 aliphatic carbocycles. The molecule has 5 nitrogen and oxygen atoms in total. The molecule has 0 saturated carbocycles. The van der Waals surface area contributed by atoms with Gasteiger partial charge in [-0.1, -0.05) is 48.5 Å². The van der Waals surface area contributed by atoms with E-state index in [9.17, 15) is 18.4 Å². The monoisotopic (exact) mass is 427 g/mol. The molecule has 31 heavy (non-hydrogen) atoms. The number of carbonyl (C=O) groups is 2. The van der Waals surface area contributed by atoms with Gasteiger partial charge in [-0.3, -0.25) is 14.5 Å². The van der Waals surface area contributed by atoms with Crippen molar-refractivity contribution in [1.29, 1.82) is 0 Å². The lowest BCUT2D eigenvalue weighted by Crippen LogP contribution is -2.63. The molecular formula is C24H27F2N3O2. The summed E-state index contributed by atoms with van der Waals surface area (Å²) in [6.45, 7) is 2.99. The third-order valence-corrected chi connectivity index (χ3v) is 6.14. The molecule has 1 atom stereocenters. The van der Waals surface area contributed by atoms with E-state index in [0.717, 1.165) is 5.56 Å². The second-order valence-corrected chi connectivity index (χ2v) is 8.32. The van der Waals surface area contributed by atoms with Gasteiger partial charge in [-0.25, -0.2) is 8.78 Å². The summed E-state index contributed by atoms with van der Waals surface area (Å²) < 4.78 is 28.7. The number of benzene rings is 2. The zero-order chi connectivity index (χ0) is 22.0. The number of hydrogen-bond donors (Lipinski definition) is 0. The molecule has 2 fully saturated rings. The molecule has 2 aromatic carbocycles. The first-order valence-corrected chi connectivity index (χ1v) is 10.7. The molecule has 0 spiro atoms. The summed E-state index contributed by atoms with van der Waals surface area (Å²) in [5.74, 6) is -3.28. The van der Waals surface area contributed by atoms with Gasteiger partial charge in [0.15, 0.2) is 0 Å². The Hall–Kier alpha value is -2.80. The van der Waals surface area contributed by atoms with Crippen LogP contribution in [-0.4, -0.2) is 70.7 Å². The lowest BCUT2D eigenvalue weighted by molar-refractivity contribution is -0.138. The highest BCUT2D eigenvalue weighted by Crippen LogP contribution is 2.36. The topological polar surface area (TPSA) is 43.9 Å². The van der Waals surface area contributed by atoms with Gasteiger partial charge in [0.25, 0.3) is 11.8 Å². The molecule has 0 N–H and O–H groups in total. The van der Waals surface area contributed by atoms with Crippen molar-refractivity contribution >= 4 is 11.8 Å². The number of likely N-dealkylation sites (N-methyl/N-ethyl adjacent to an activating group) is 1. The first kappa shape index (κ1) is 21.4. The maximum atomic E-state index is 14.3. The van der Waals surface area contributed by atoms with E-state index in [2.05, 4.69) is 0 Å². The third kappa shape index (κ3) is 4.61. The minimum atomic E-state index is -2.91. The van der Waals surface area contributed by atoms with Gasteiger partial charge >= 0.3 is 0 Å². The third-order valence-electron chi connectivity index (χ3n) is 6.14. The minimum absolute atomic E-state index is 0.107. The molecular weight excluding hydrogens is 400 g/mol. The molecule has 7 heteroatoms. The maximum absolute atomic E-state index is 14.3. The number of rotatable bonds is 6. The molecule has 0 radical (unpaired) electrons. The van der Waals surface area contributed by atoms with Crippen molar-refractivity contribution in [1.82, 2.24) is 14.7 Å². The molecule has 0 aromatic heterocycles. The van der Waals surface area contributed by atoms with Gasteiger partial charge in [-0.05, 0) is 24.6 Å². The standard InChI is InChI=1S/C24H27F2N3O2/c1-2-27(14-18-9-5-3-6-10-18)23(31)21-13-24(25,26)17-29(21)20-15-28(16-20)22(30)19-11-7-4-8-12-19/h3-12,20-21H,2,13-17H2,1H3/t21-/m0/s1. The van der Waals surface area contributed by atoms with Crippen LogP contribution in [0.15, 0.2) is 60.7 Å². The first-order chi connectivity index (χ1) is 14.9. The largest absolute Gasteiger partial charge is 0.337 e. The van der Waals surface area contributed by atoms with E-state index in [1.807, 2.05) is 43.3 Å². The summed E-state index contributed by atoms with van der Waals surface area (Å²) in [5, 5.41) is 0. The van der Waals surface area contributed by atoms with Gasteiger partial charge in [-0.15, -0.1) is 0 Å². The van der Waals surface area contributed by atoms with Gasteiger partial charge in [0.05, 0.1) is 12.6 Å². The van der Waals surface area contributed by atoms with Crippen molar-refractivity contribution in [2.45, 2.75) is 37.9 Å². The van der Waals surface area contributed by atoms with E-state index < -0.39 is 24.9 Å². The van der Waals surface area contributed by atoms with Crippen molar-refractivity contribution in [3.63, 3.8) is 0 Å². The predicted molar refractivity (Wildman–Crippen MR) is 114 cm³/mol. The normalized spacial score (nSPS) is 21.0. The Labute approximate surface area is 181 Å². The van der Waals surface area contributed by atoms with Crippen LogP contribution in [0, 0.1) is 0 Å². The van der Waals surface area contributed by atoms with Gasteiger partial charge in [-0.2, -0.15) is 0 Å². The van der Waals surface area contributed by atoms with E-state index in [1.165, 1.54) is 0 Å². The van der Waals surface area contributed by atoms with Crippen LogP contribution < -0.4 is 0 Å². The highest BCUT2D eigenvalue weighted by atomic mass is 19.3. The van der Waals surface area contributed by atoms with Crippen LogP contribution in [-0.2, 0) is 11.3 Å². The van der Waals surface area contributed by atoms with Gasteiger partial charge < -0.3 is 9.80 Å². The van der Waals surface area contributed by atoms with Crippen LogP contribution in [0.3, 0.4) is 0 Å². The van der Waals surface area contributed by atoms with Crippen molar-refractivity contribution in [2.24, 2.45) is 0 Å². The SMILES string of the molecule is CCN(Cc1ccccc1)C(=O)[C@@H]1CC(F)(F)CN1C1CN(C(=O)c2ccccc2)C1. The molecule has 0 bridgehead atoms. The van der Waals surface area contributed by atoms with E-state index in [-0.39, 0.29) is 17.9 Å². The molecule has 2 aliphatic heterocycles. The molecule has 2 amide bonds. The fourth-order valence-electron chi connectivity index (χ4n) is 4.41. The van der Waals surface area contributed by atoms with Crippen molar-refractivity contribution in [2.75, 3.05) is 26.2 Å². The van der Waals surface area contributed by atoms with Crippen LogP contribution in [0.4, 0.5) is 8.78 Å². The highest BCUT2D eigenvalue weighted by Gasteiger charge is 2.53. The van der Waals surface area contributed by atoms with Crippen LogP contribution >= 0.6 is 0 Å². The van der Waals surface area contributed by atoms with Crippen LogP contribution in [0.5, 0.6) is 0 Å². The van der Waals surface area contributed by atoms with Crippen molar-refractivity contribution in [3.05, 3.63) is 71.8 Å². The van der Waals surface area contributed by atoms with Crippen molar-refractivity contribution < 1.29 is 18.4 Å². The summed E-state index contributed by atoms with van der Waals surface area (Å²) in [5.41, 5.74) is 1.55. The molecule has 2 heterocycles. The molecule has 2 aromatic rings. The smallest absolute Gasteiger partial charge is 0.262 e. The van der Waals surface area contributed by atoms with Crippen LogP contribution in [0.1, 0.15) is 29.3 Å². The van der Waals surface area contributed by atoms with E-state index in [0.29, 0.717) is 31.7 Å². The Bertz CT molecular complexity index is 917. The average molecular weight is 427 g/mol. The van der Waals surface area contributed by atoms with E-state index in [4.69, 9.17) is 0 Å². The minimum Gasteiger partial charge on any atom is -0.337 e. The number of nitrogens with zero attached hydrogens (tertiary/aromatic N) is 3. The maximum Gasteiger partial charge on any atom is 0.262 e. The van der Waals surface area contributed by atoms with Crippen molar-refractivity contribution in [3.8, 4) is 0 Å². The second kappa shape index (κ2) is 8.75. The van der Waals surface area contributed by atoms with Gasteiger partial charge in [0.2, 0.25) is 5.91 Å². The quantitative estimate of drug-likeness (QED) is 0.711. The fourth-order valence-corrected chi connectivity index (χ4v) is 4.41. The van der Waals surface area contributed by atoms with Gasteiger partial charge in [0, 0.05) is 44.2 Å². The first-order valence-electron chi connectivity index (χ1n) is 10.7. The lowest BCUT2D eigenvalue weighted by atomic mass is 10.0. The lowest BCUT2D eigenvalue weighted by Gasteiger charge is -2.46. The summed E-state index contributed by atoms with van der Waals surface area (Å²) >= 11 is 0. The second-order valence-electron chi connectivity index (χ2n) is 8.32. The number of amides is 2.